The van der Waals surface area contributed by atoms with Crippen molar-refractivity contribution in [3.05, 3.63) is 29.1 Å². The average Bonchev–Trinajstić information content (AvgIpc) is 2.98. The summed E-state index contributed by atoms with van der Waals surface area (Å²) in [5, 5.41) is 13.3. The SMILES string of the molecule is Cn1ncc(C(=O)O)c1CN1CCN(C(=O)C=C2CCC(C)(C)CC2)CC1. The first-order valence-electron chi connectivity index (χ1n) is 9.70. The van der Waals surface area contributed by atoms with Gasteiger partial charge in [0.2, 0.25) is 5.91 Å². The Morgan fingerprint density at radius 3 is 2.41 bits per heavy atom. The zero-order chi connectivity index (χ0) is 19.6. The lowest BCUT2D eigenvalue weighted by Crippen LogP contribution is -2.48. The van der Waals surface area contributed by atoms with Crippen molar-refractivity contribution in [1.29, 1.82) is 0 Å². The lowest BCUT2D eigenvalue weighted by atomic mass is 9.75. The van der Waals surface area contributed by atoms with Crippen LogP contribution in [0, 0.1) is 5.41 Å². The minimum absolute atomic E-state index is 0.121. The summed E-state index contributed by atoms with van der Waals surface area (Å²) in [6.45, 7) is 7.96. The molecular weight excluding hydrogens is 344 g/mol. The number of carboxylic acid groups (broad SMARTS) is 1. The fourth-order valence-electron chi connectivity index (χ4n) is 3.83. The van der Waals surface area contributed by atoms with Gasteiger partial charge in [-0.05, 0) is 31.1 Å². The molecule has 0 radical (unpaired) electrons. The van der Waals surface area contributed by atoms with E-state index in [4.69, 9.17) is 0 Å². The van der Waals surface area contributed by atoms with E-state index in [-0.39, 0.29) is 11.5 Å². The molecule has 1 saturated heterocycles. The minimum atomic E-state index is -0.950. The molecule has 1 aromatic rings. The van der Waals surface area contributed by atoms with E-state index >= 15 is 0 Å². The highest BCUT2D eigenvalue weighted by Gasteiger charge is 2.26. The predicted molar refractivity (Wildman–Crippen MR) is 102 cm³/mol. The number of allylic oxidation sites excluding steroid dienone is 1. The van der Waals surface area contributed by atoms with Gasteiger partial charge in [-0.2, -0.15) is 5.10 Å². The molecule has 2 fully saturated rings. The summed E-state index contributed by atoms with van der Waals surface area (Å²) in [5.41, 5.74) is 2.63. The first-order valence-corrected chi connectivity index (χ1v) is 9.70. The summed E-state index contributed by atoms with van der Waals surface area (Å²) in [4.78, 5) is 28.0. The molecule has 27 heavy (non-hydrogen) atoms. The van der Waals surface area contributed by atoms with Crippen LogP contribution in [0.3, 0.4) is 0 Å². The van der Waals surface area contributed by atoms with Crippen molar-refractivity contribution in [1.82, 2.24) is 19.6 Å². The standard InChI is InChI=1S/C20H30N4O3/c1-20(2)6-4-15(5-7-20)12-18(25)24-10-8-23(9-11-24)14-17-16(19(26)27)13-21-22(17)3/h12-13H,4-11,14H2,1-3H3,(H,26,27). The van der Waals surface area contributed by atoms with E-state index < -0.39 is 5.97 Å². The summed E-state index contributed by atoms with van der Waals surface area (Å²) in [6, 6.07) is 0. The number of nitrogens with zero attached hydrogens (tertiary/aromatic N) is 4. The number of rotatable bonds is 4. The molecule has 7 nitrogen and oxygen atoms in total. The number of aromatic carboxylic acids is 1. The molecule has 1 aliphatic heterocycles. The molecule has 1 amide bonds. The number of aromatic nitrogens is 2. The molecular formula is C20H30N4O3. The maximum Gasteiger partial charge on any atom is 0.339 e. The number of aryl methyl sites for hydroxylation is 1. The number of hydrogen-bond donors (Lipinski definition) is 1. The fourth-order valence-corrected chi connectivity index (χ4v) is 3.83. The highest BCUT2D eigenvalue weighted by Crippen LogP contribution is 2.37. The van der Waals surface area contributed by atoms with Crippen LogP contribution in [-0.4, -0.2) is 62.7 Å². The minimum Gasteiger partial charge on any atom is -0.478 e. The molecule has 2 heterocycles. The van der Waals surface area contributed by atoms with Crippen LogP contribution in [0.2, 0.25) is 0 Å². The Morgan fingerprint density at radius 1 is 1.19 bits per heavy atom. The van der Waals surface area contributed by atoms with Crippen LogP contribution in [0.4, 0.5) is 0 Å². The Bertz CT molecular complexity index is 730. The van der Waals surface area contributed by atoms with Gasteiger partial charge in [0.1, 0.15) is 5.56 Å². The Labute approximate surface area is 160 Å². The van der Waals surface area contributed by atoms with Crippen molar-refractivity contribution in [2.24, 2.45) is 12.5 Å². The second-order valence-corrected chi connectivity index (χ2v) is 8.50. The lowest BCUT2D eigenvalue weighted by molar-refractivity contribution is -0.127. The number of carboxylic acids is 1. The fraction of sp³-hybridized carbons (Fsp3) is 0.650. The summed E-state index contributed by atoms with van der Waals surface area (Å²) >= 11 is 0. The van der Waals surface area contributed by atoms with Crippen LogP contribution in [0.1, 0.15) is 55.6 Å². The van der Waals surface area contributed by atoms with Gasteiger partial charge in [0.05, 0.1) is 11.9 Å². The van der Waals surface area contributed by atoms with Crippen LogP contribution < -0.4 is 0 Å². The van der Waals surface area contributed by atoms with E-state index in [1.165, 1.54) is 11.8 Å². The molecule has 0 atom stereocenters. The van der Waals surface area contributed by atoms with Crippen molar-refractivity contribution in [2.45, 2.75) is 46.1 Å². The highest BCUT2D eigenvalue weighted by atomic mass is 16.4. The third-order valence-electron chi connectivity index (χ3n) is 5.92. The molecule has 148 valence electrons. The maximum absolute atomic E-state index is 12.6. The first kappa shape index (κ1) is 19.6. The van der Waals surface area contributed by atoms with Crippen molar-refractivity contribution in [3.63, 3.8) is 0 Å². The zero-order valence-electron chi connectivity index (χ0n) is 16.6. The van der Waals surface area contributed by atoms with Crippen molar-refractivity contribution >= 4 is 11.9 Å². The molecule has 3 rings (SSSR count). The number of piperazine rings is 1. The number of carbonyl (C=O) groups is 2. The van der Waals surface area contributed by atoms with Crippen LogP contribution in [0.25, 0.3) is 0 Å². The Kier molecular flexibility index (Phi) is 5.69. The van der Waals surface area contributed by atoms with Crippen LogP contribution in [-0.2, 0) is 18.4 Å². The summed E-state index contributed by atoms with van der Waals surface area (Å²) in [6.07, 6.45) is 7.60. The van der Waals surface area contributed by atoms with Gasteiger partial charge in [-0.3, -0.25) is 14.4 Å². The summed E-state index contributed by atoms with van der Waals surface area (Å²) in [7, 11) is 1.76. The first-order chi connectivity index (χ1) is 12.7. The third kappa shape index (κ3) is 4.77. The molecule has 0 bridgehead atoms. The van der Waals surface area contributed by atoms with E-state index in [0.29, 0.717) is 30.7 Å². The Hall–Kier alpha value is -2.15. The summed E-state index contributed by atoms with van der Waals surface area (Å²) in [5.74, 6) is -0.828. The quantitative estimate of drug-likeness (QED) is 0.818. The van der Waals surface area contributed by atoms with E-state index in [1.54, 1.807) is 11.7 Å². The van der Waals surface area contributed by atoms with Gasteiger partial charge in [-0.25, -0.2) is 4.79 Å². The van der Waals surface area contributed by atoms with Crippen LogP contribution >= 0.6 is 0 Å². The van der Waals surface area contributed by atoms with Gasteiger partial charge in [0.25, 0.3) is 0 Å². The molecule has 1 saturated carbocycles. The predicted octanol–water partition coefficient (Wildman–Crippen LogP) is 2.29. The van der Waals surface area contributed by atoms with Crippen molar-refractivity contribution < 1.29 is 14.7 Å². The normalized spacial score (nSPS) is 20.6. The van der Waals surface area contributed by atoms with Crippen LogP contribution in [0.5, 0.6) is 0 Å². The van der Waals surface area contributed by atoms with E-state index in [1.807, 2.05) is 11.0 Å². The van der Waals surface area contributed by atoms with E-state index in [0.717, 1.165) is 38.8 Å². The van der Waals surface area contributed by atoms with Crippen LogP contribution in [0.15, 0.2) is 17.8 Å². The summed E-state index contributed by atoms with van der Waals surface area (Å²) < 4.78 is 1.62. The third-order valence-corrected chi connectivity index (χ3v) is 5.92. The topological polar surface area (TPSA) is 78.7 Å². The van der Waals surface area contributed by atoms with E-state index in [9.17, 15) is 14.7 Å². The smallest absolute Gasteiger partial charge is 0.339 e. The van der Waals surface area contributed by atoms with E-state index in [2.05, 4.69) is 23.8 Å². The number of amides is 1. The monoisotopic (exact) mass is 374 g/mol. The molecule has 7 heteroatoms. The molecule has 0 spiro atoms. The molecule has 0 aromatic carbocycles. The zero-order valence-corrected chi connectivity index (χ0v) is 16.6. The van der Waals surface area contributed by atoms with Gasteiger partial charge < -0.3 is 10.0 Å². The molecule has 1 aromatic heterocycles. The van der Waals surface area contributed by atoms with Gasteiger partial charge in [-0.15, -0.1) is 0 Å². The number of hydrogen-bond acceptors (Lipinski definition) is 4. The van der Waals surface area contributed by atoms with Crippen molar-refractivity contribution in [2.75, 3.05) is 26.2 Å². The van der Waals surface area contributed by atoms with Gasteiger partial charge >= 0.3 is 5.97 Å². The Morgan fingerprint density at radius 2 is 1.81 bits per heavy atom. The lowest BCUT2D eigenvalue weighted by Gasteiger charge is -2.35. The second kappa shape index (κ2) is 7.84. The maximum atomic E-state index is 12.6. The Balaban J connectivity index is 1.53. The van der Waals surface area contributed by atoms with Gasteiger partial charge in [-0.1, -0.05) is 19.4 Å². The number of carbonyl (C=O) groups excluding carboxylic acids is 1. The second-order valence-electron chi connectivity index (χ2n) is 8.50. The molecule has 0 unspecified atom stereocenters. The molecule has 2 aliphatic rings. The average molecular weight is 374 g/mol. The van der Waals surface area contributed by atoms with Gasteiger partial charge in [0, 0.05) is 45.8 Å². The molecule has 1 aliphatic carbocycles. The van der Waals surface area contributed by atoms with Gasteiger partial charge in [0.15, 0.2) is 0 Å². The van der Waals surface area contributed by atoms with Crippen molar-refractivity contribution in [3.8, 4) is 0 Å². The largest absolute Gasteiger partial charge is 0.478 e. The highest BCUT2D eigenvalue weighted by molar-refractivity contribution is 5.89. The molecule has 1 N–H and O–H groups in total.